The second kappa shape index (κ2) is 4.70. The van der Waals surface area contributed by atoms with Crippen molar-refractivity contribution in [3.63, 3.8) is 0 Å². The first kappa shape index (κ1) is 14.7. The maximum absolute atomic E-state index is 13.2. The molecule has 1 aromatic heterocycles. The van der Waals surface area contributed by atoms with Crippen molar-refractivity contribution in [1.29, 1.82) is 0 Å². The van der Waals surface area contributed by atoms with E-state index in [9.17, 15) is 14.3 Å². The number of hydrogen-bond donors (Lipinski definition) is 1. The van der Waals surface area contributed by atoms with Crippen molar-refractivity contribution < 1.29 is 19.0 Å². The van der Waals surface area contributed by atoms with Gasteiger partial charge in [-0.3, -0.25) is 0 Å². The standard InChI is InChI=1S/C14H19FN2O3/c1-13(2)7-17(8-14(3,4)20-13)11-10(12(18)19)5-9(15)6-16-11/h5-6H,7-8H2,1-4H3,(H,18,19). The van der Waals surface area contributed by atoms with Gasteiger partial charge in [-0.05, 0) is 33.8 Å². The van der Waals surface area contributed by atoms with Crippen LogP contribution in [0.25, 0.3) is 0 Å². The molecule has 0 aromatic carbocycles. The number of aromatic nitrogens is 1. The summed E-state index contributed by atoms with van der Waals surface area (Å²) >= 11 is 0. The zero-order valence-electron chi connectivity index (χ0n) is 12.1. The molecule has 0 aliphatic carbocycles. The highest BCUT2D eigenvalue weighted by molar-refractivity contribution is 5.93. The molecule has 0 amide bonds. The van der Waals surface area contributed by atoms with Crippen LogP contribution in [0.3, 0.4) is 0 Å². The molecule has 0 saturated carbocycles. The minimum atomic E-state index is -1.19. The molecule has 1 fully saturated rings. The van der Waals surface area contributed by atoms with Gasteiger partial charge in [0.2, 0.25) is 0 Å². The number of anilines is 1. The van der Waals surface area contributed by atoms with Gasteiger partial charge in [0.1, 0.15) is 17.2 Å². The Kier molecular flexibility index (Phi) is 3.46. The first-order valence-electron chi connectivity index (χ1n) is 6.44. The number of aromatic carboxylic acids is 1. The molecule has 0 atom stereocenters. The van der Waals surface area contributed by atoms with Gasteiger partial charge in [0, 0.05) is 13.1 Å². The van der Waals surface area contributed by atoms with E-state index >= 15 is 0 Å². The number of morpholine rings is 1. The molecule has 5 nitrogen and oxygen atoms in total. The SMILES string of the molecule is CC1(C)CN(c2ncc(F)cc2C(=O)O)CC(C)(C)O1. The van der Waals surface area contributed by atoms with Gasteiger partial charge in [-0.15, -0.1) is 0 Å². The molecule has 6 heteroatoms. The Morgan fingerprint density at radius 3 is 2.40 bits per heavy atom. The third-order valence-corrected chi connectivity index (χ3v) is 3.06. The molecular formula is C14H19FN2O3. The highest BCUT2D eigenvalue weighted by Gasteiger charge is 2.39. The first-order chi connectivity index (χ1) is 9.10. The topological polar surface area (TPSA) is 62.7 Å². The van der Waals surface area contributed by atoms with Gasteiger partial charge in [-0.25, -0.2) is 14.2 Å². The van der Waals surface area contributed by atoms with Gasteiger partial charge < -0.3 is 14.7 Å². The van der Waals surface area contributed by atoms with E-state index in [1.54, 1.807) is 0 Å². The maximum Gasteiger partial charge on any atom is 0.339 e. The number of carbonyl (C=O) groups is 1. The summed E-state index contributed by atoms with van der Waals surface area (Å²) in [5, 5.41) is 9.22. The average molecular weight is 282 g/mol. The van der Waals surface area contributed by atoms with Crippen molar-refractivity contribution in [2.75, 3.05) is 18.0 Å². The minimum Gasteiger partial charge on any atom is -0.478 e. The summed E-state index contributed by atoms with van der Waals surface area (Å²) in [5.41, 5.74) is -1.00. The lowest BCUT2D eigenvalue weighted by Gasteiger charge is -2.47. The average Bonchev–Trinajstić information content (AvgIpc) is 2.24. The molecule has 110 valence electrons. The number of ether oxygens (including phenoxy) is 1. The maximum atomic E-state index is 13.2. The Hall–Kier alpha value is -1.69. The fourth-order valence-electron chi connectivity index (χ4n) is 2.78. The number of nitrogens with zero attached hydrogens (tertiary/aromatic N) is 2. The predicted molar refractivity (Wildman–Crippen MR) is 72.6 cm³/mol. The second-order valence-corrected chi connectivity index (χ2v) is 6.31. The number of halogens is 1. The molecule has 0 spiro atoms. The van der Waals surface area contributed by atoms with Gasteiger partial charge in [0.15, 0.2) is 0 Å². The summed E-state index contributed by atoms with van der Waals surface area (Å²) in [5.74, 6) is -1.56. The molecule has 2 heterocycles. The van der Waals surface area contributed by atoms with Crippen LogP contribution in [0.2, 0.25) is 0 Å². The van der Waals surface area contributed by atoms with Crippen molar-refractivity contribution >= 4 is 11.8 Å². The number of rotatable bonds is 2. The van der Waals surface area contributed by atoms with Crippen LogP contribution < -0.4 is 4.90 Å². The van der Waals surface area contributed by atoms with Crippen molar-refractivity contribution in [3.8, 4) is 0 Å². The molecule has 2 rings (SSSR count). The lowest BCUT2D eigenvalue weighted by Crippen LogP contribution is -2.57. The number of carboxylic acids is 1. The molecule has 1 saturated heterocycles. The summed E-state index contributed by atoms with van der Waals surface area (Å²) in [4.78, 5) is 17.1. The molecule has 1 aliphatic rings. The quantitative estimate of drug-likeness (QED) is 0.902. The molecule has 1 N–H and O–H groups in total. The molecular weight excluding hydrogens is 263 g/mol. The van der Waals surface area contributed by atoms with Crippen molar-refractivity contribution in [3.05, 3.63) is 23.6 Å². The normalized spacial score (nSPS) is 20.8. The smallest absolute Gasteiger partial charge is 0.339 e. The zero-order chi connectivity index (χ0) is 15.1. The van der Waals surface area contributed by atoms with E-state index in [1.807, 2.05) is 32.6 Å². The summed E-state index contributed by atoms with van der Waals surface area (Å²) in [6.07, 6.45) is 1.04. The molecule has 20 heavy (non-hydrogen) atoms. The van der Waals surface area contributed by atoms with Crippen molar-refractivity contribution in [2.45, 2.75) is 38.9 Å². The van der Waals surface area contributed by atoms with E-state index in [4.69, 9.17) is 4.74 Å². The molecule has 1 aliphatic heterocycles. The fourth-order valence-corrected chi connectivity index (χ4v) is 2.78. The second-order valence-electron chi connectivity index (χ2n) is 6.31. The Labute approximate surface area is 117 Å². The molecule has 0 bridgehead atoms. The lowest BCUT2D eigenvalue weighted by molar-refractivity contribution is -0.133. The van der Waals surface area contributed by atoms with E-state index < -0.39 is 23.0 Å². The molecule has 0 unspecified atom stereocenters. The van der Waals surface area contributed by atoms with Gasteiger partial charge in [-0.2, -0.15) is 0 Å². The number of carboxylic acid groups (broad SMARTS) is 1. The van der Waals surface area contributed by atoms with Crippen LogP contribution in [0.1, 0.15) is 38.1 Å². The van der Waals surface area contributed by atoms with E-state index in [0.717, 1.165) is 12.3 Å². The summed E-state index contributed by atoms with van der Waals surface area (Å²) in [7, 11) is 0. The van der Waals surface area contributed by atoms with Crippen molar-refractivity contribution in [2.24, 2.45) is 0 Å². The Balaban J connectivity index is 2.43. The van der Waals surface area contributed by atoms with E-state index in [-0.39, 0.29) is 11.4 Å². The van der Waals surface area contributed by atoms with Crippen LogP contribution in [0, 0.1) is 5.82 Å². The van der Waals surface area contributed by atoms with Crippen LogP contribution in [0.5, 0.6) is 0 Å². The van der Waals surface area contributed by atoms with Crippen LogP contribution in [-0.2, 0) is 4.74 Å². The lowest BCUT2D eigenvalue weighted by atomic mass is 9.98. The van der Waals surface area contributed by atoms with E-state index in [2.05, 4.69) is 4.98 Å². The molecule has 1 aromatic rings. The first-order valence-corrected chi connectivity index (χ1v) is 6.44. The third kappa shape index (κ3) is 3.07. The van der Waals surface area contributed by atoms with Gasteiger partial charge in [0.05, 0.1) is 17.4 Å². The zero-order valence-corrected chi connectivity index (χ0v) is 12.1. The largest absolute Gasteiger partial charge is 0.478 e. The minimum absolute atomic E-state index is 0.126. The number of hydrogen-bond acceptors (Lipinski definition) is 4. The Morgan fingerprint density at radius 2 is 1.90 bits per heavy atom. The third-order valence-electron chi connectivity index (χ3n) is 3.06. The molecule has 0 radical (unpaired) electrons. The van der Waals surface area contributed by atoms with Crippen LogP contribution >= 0.6 is 0 Å². The highest BCUT2D eigenvalue weighted by atomic mass is 19.1. The van der Waals surface area contributed by atoms with Crippen LogP contribution in [0.4, 0.5) is 10.2 Å². The van der Waals surface area contributed by atoms with Gasteiger partial charge in [0.25, 0.3) is 0 Å². The fraction of sp³-hybridized carbons (Fsp3) is 0.571. The monoisotopic (exact) mass is 282 g/mol. The highest BCUT2D eigenvalue weighted by Crippen LogP contribution is 2.32. The Bertz CT molecular complexity index is 527. The van der Waals surface area contributed by atoms with E-state index in [0.29, 0.717) is 13.1 Å². The number of pyridine rings is 1. The van der Waals surface area contributed by atoms with Crippen molar-refractivity contribution in [1.82, 2.24) is 4.98 Å². The van der Waals surface area contributed by atoms with Crippen LogP contribution in [-0.4, -0.2) is 40.4 Å². The van der Waals surface area contributed by atoms with E-state index in [1.165, 1.54) is 0 Å². The summed E-state index contributed by atoms with van der Waals surface area (Å²) in [6, 6.07) is 1.00. The predicted octanol–water partition coefficient (Wildman–Crippen LogP) is 2.31. The summed E-state index contributed by atoms with van der Waals surface area (Å²) in [6.45, 7) is 8.73. The Morgan fingerprint density at radius 1 is 1.35 bits per heavy atom. The van der Waals surface area contributed by atoms with Gasteiger partial charge in [-0.1, -0.05) is 0 Å². The van der Waals surface area contributed by atoms with Crippen LogP contribution in [0.15, 0.2) is 12.3 Å². The van der Waals surface area contributed by atoms with Gasteiger partial charge >= 0.3 is 5.97 Å². The summed E-state index contributed by atoms with van der Waals surface area (Å²) < 4.78 is 19.2.